The Morgan fingerprint density at radius 1 is 1.35 bits per heavy atom. The highest BCUT2D eigenvalue weighted by Gasteiger charge is 2.24. The van der Waals surface area contributed by atoms with Crippen molar-refractivity contribution in [3.8, 4) is 5.88 Å². The van der Waals surface area contributed by atoms with Crippen LogP contribution >= 0.6 is 11.3 Å². The van der Waals surface area contributed by atoms with E-state index in [9.17, 15) is 24.8 Å². The molecule has 0 saturated heterocycles. The number of aromatic hydroxyl groups is 1. The number of nitrogens with one attached hydrogen (secondary N) is 1. The molecule has 8 nitrogen and oxygen atoms in total. The maximum atomic E-state index is 11.9. The van der Waals surface area contributed by atoms with Crippen molar-refractivity contribution in [3.63, 3.8) is 0 Å². The number of non-ortho nitro benzene ring substituents is 1. The topological polar surface area (TPSA) is 126 Å². The van der Waals surface area contributed by atoms with Crippen LogP contribution in [-0.2, 0) is 4.79 Å². The van der Waals surface area contributed by atoms with E-state index in [1.165, 1.54) is 18.2 Å². The lowest BCUT2D eigenvalue weighted by atomic mass is 10.1. The summed E-state index contributed by atoms with van der Waals surface area (Å²) in [6.07, 6.45) is 0. The molecule has 9 heteroatoms. The Morgan fingerprint density at radius 3 is 2.70 bits per heavy atom. The van der Waals surface area contributed by atoms with Gasteiger partial charge in [0, 0.05) is 17.4 Å². The van der Waals surface area contributed by atoms with E-state index in [1.807, 2.05) is 0 Å². The van der Waals surface area contributed by atoms with Crippen LogP contribution in [0.4, 0.5) is 5.69 Å². The lowest BCUT2D eigenvalue weighted by Gasteiger charge is -1.95. The highest BCUT2D eigenvalue weighted by Crippen LogP contribution is 2.25. The summed E-state index contributed by atoms with van der Waals surface area (Å²) in [5, 5.41) is 20.9. The van der Waals surface area contributed by atoms with Crippen molar-refractivity contribution in [2.75, 3.05) is 0 Å². The third kappa shape index (κ3) is 1.72. The van der Waals surface area contributed by atoms with Crippen LogP contribution in [0.15, 0.2) is 28.0 Å². The lowest BCUT2D eigenvalue weighted by molar-refractivity contribution is -0.385. The van der Waals surface area contributed by atoms with Crippen molar-refractivity contribution in [1.82, 2.24) is 4.98 Å². The van der Waals surface area contributed by atoms with Crippen molar-refractivity contribution in [2.24, 2.45) is 4.99 Å². The van der Waals surface area contributed by atoms with E-state index in [4.69, 9.17) is 0 Å². The number of nitro benzene ring substituents is 1. The van der Waals surface area contributed by atoms with Gasteiger partial charge >= 0.3 is 4.87 Å². The first-order chi connectivity index (χ1) is 9.47. The Bertz CT molecular complexity index is 940. The first-order valence-corrected chi connectivity index (χ1v) is 6.13. The summed E-state index contributed by atoms with van der Waals surface area (Å²) in [5.41, 5.74) is -0.210. The number of aromatic nitrogens is 1. The quantitative estimate of drug-likeness (QED) is 0.565. The molecule has 20 heavy (non-hydrogen) atoms. The zero-order valence-electron chi connectivity index (χ0n) is 9.61. The third-order valence-electron chi connectivity index (χ3n) is 2.75. The second-order valence-corrected chi connectivity index (χ2v) is 4.93. The molecule has 2 heterocycles. The van der Waals surface area contributed by atoms with Gasteiger partial charge in [0.15, 0.2) is 0 Å². The molecule has 0 radical (unpaired) electrons. The number of aromatic amines is 1. The lowest BCUT2D eigenvalue weighted by Crippen LogP contribution is -2.23. The van der Waals surface area contributed by atoms with Gasteiger partial charge in [0.2, 0.25) is 5.88 Å². The SMILES string of the molecule is O=C1N=c2ccc([N+](=O)[O-])cc2=C1c1sc(=O)[nH]c1O. The largest absolute Gasteiger partial charge is 0.493 e. The van der Waals surface area contributed by atoms with Crippen LogP contribution in [0.25, 0.3) is 5.57 Å². The number of H-pyrrole nitrogens is 1. The zero-order chi connectivity index (χ0) is 14.4. The minimum atomic E-state index is -0.647. The summed E-state index contributed by atoms with van der Waals surface area (Å²) in [6, 6.07) is 3.78. The maximum absolute atomic E-state index is 11.9. The van der Waals surface area contributed by atoms with Crippen LogP contribution in [0.1, 0.15) is 4.88 Å². The molecule has 0 fully saturated rings. The Labute approximate surface area is 113 Å². The number of carbonyl (C=O) groups excluding carboxylic acids is 1. The molecule has 0 aliphatic carbocycles. The Kier molecular flexibility index (Phi) is 2.51. The Hall–Kier alpha value is -2.81. The second-order valence-electron chi connectivity index (χ2n) is 3.94. The number of nitro groups is 1. The highest BCUT2D eigenvalue weighted by molar-refractivity contribution is 7.11. The molecule has 2 N–H and O–H groups in total. The molecule has 1 aliphatic heterocycles. The summed E-state index contributed by atoms with van der Waals surface area (Å²) in [7, 11) is 0. The minimum absolute atomic E-state index is 0.00968. The van der Waals surface area contributed by atoms with Crippen LogP contribution in [0.3, 0.4) is 0 Å². The fraction of sp³-hybridized carbons (Fsp3) is 0. The number of hydrogen-bond acceptors (Lipinski definition) is 6. The average molecular weight is 291 g/mol. The van der Waals surface area contributed by atoms with Gasteiger partial charge in [-0.05, 0) is 6.07 Å². The van der Waals surface area contributed by atoms with E-state index in [0.717, 1.165) is 0 Å². The molecular weight excluding hydrogens is 286 g/mol. The number of rotatable bonds is 2. The molecular formula is C11H5N3O5S. The van der Waals surface area contributed by atoms with Crippen molar-refractivity contribution in [1.29, 1.82) is 0 Å². The van der Waals surface area contributed by atoms with Crippen LogP contribution in [0.5, 0.6) is 5.88 Å². The molecule has 0 unspecified atom stereocenters. The van der Waals surface area contributed by atoms with E-state index in [0.29, 0.717) is 11.3 Å². The van der Waals surface area contributed by atoms with E-state index in [2.05, 4.69) is 9.98 Å². The average Bonchev–Trinajstić information content (AvgIpc) is 2.86. The molecule has 0 atom stereocenters. The second kappa shape index (κ2) is 4.10. The van der Waals surface area contributed by atoms with Crippen LogP contribution in [0.2, 0.25) is 0 Å². The van der Waals surface area contributed by atoms with Gasteiger partial charge in [-0.3, -0.25) is 24.7 Å². The van der Waals surface area contributed by atoms with Crippen molar-refractivity contribution < 1.29 is 14.8 Å². The molecule has 0 bridgehead atoms. The number of nitrogens with zero attached hydrogens (tertiary/aromatic N) is 2. The Morgan fingerprint density at radius 2 is 2.10 bits per heavy atom. The molecule has 2 aromatic rings. The molecule has 1 aromatic carbocycles. The summed E-state index contributed by atoms with van der Waals surface area (Å²) >= 11 is 0.644. The van der Waals surface area contributed by atoms with Crippen molar-refractivity contribution >= 4 is 28.5 Å². The normalized spacial score (nSPS) is 13.2. The molecule has 0 saturated carbocycles. The fourth-order valence-corrected chi connectivity index (χ4v) is 2.70. The number of hydrogen-bond donors (Lipinski definition) is 2. The highest BCUT2D eigenvalue weighted by atomic mass is 32.1. The van der Waals surface area contributed by atoms with E-state index < -0.39 is 21.6 Å². The van der Waals surface area contributed by atoms with Crippen molar-refractivity contribution in [2.45, 2.75) is 0 Å². The summed E-state index contributed by atoms with van der Waals surface area (Å²) in [6.45, 7) is 0. The van der Waals surface area contributed by atoms with E-state index >= 15 is 0 Å². The predicted molar refractivity (Wildman–Crippen MR) is 68.0 cm³/mol. The van der Waals surface area contributed by atoms with Gasteiger partial charge in [0.25, 0.3) is 11.6 Å². The number of amides is 1. The van der Waals surface area contributed by atoms with Crippen molar-refractivity contribution in [3.05, 3.63) is 53.4 Å². The van der Waals surface area contributed by atoms with Gasteiger partial charge in [0.1, 0.15) is 4.88 Å². The number of thiazole rings is 1. The van der Waals surface area contributed by atoms with Gasteiger partial charge < -0.3 is 5.11 Å². The monoisotopic (exact) mass is 291 g/mol. The summed E-state index contributed by atoms with van der Waals surface area (Å²) < 4.78 is 0. The molecule has 1 aliphatic rings. The van der Waals surface area contributed by atoms with Gasteiger partial charge in [-0.15, -0.1) is 0 Å². The van der Waals surface area contributed by atoms with Gasteiger partial charge in [-0.1, -0.05) is 11.3 Å². The molecule has 100 valence electrons. The van der Waals surface area contributed by atoms with Gasteiger partial charge in [-0.25, -0.2) is 4.99 Å². The first-order valence-electron chi connectivity index (χ1n) is 5.31. The maximum Gasteiger partial charge on any atom is 0.307 e. The van der Waals surface area contributed by atoms with E-state index in [1.54, 1.807) is 0 Å². The number of carbonyl (C=O) groups is 1. The number of fused-ring (bicyclic) bond motifs is 1. The van der Waals surface area contributed by atoms with Crippen LogP contribution < -0.4 is 15.4 Å². The summed E-state index contributed by atoms with van der Waals surface area (Å²) in [5.74, 6) is -1.09. The van der Waals surface area contributed by atoms with Crippen LogP contribution in [-0.4, -0.2) is 20.9 Å². The summed E-state index contributed by atoms with van der Waals surface area (Å²) in [4.78, 5) is 38.6. The third-order valence-corrected chi connectivity index (χ3v) is 3.64. The van der Waals surface area contributed by atoms with E-state index in [-0.39, 0.29) is 26.7 Å². The Balaban J connectivity index is 2.41. The number of benzene rings is 1. The predicted octanol–water partition coefficient (Wildman–Crippen LogP) is -0.591. The molecule has 0 spiro atoms. The molecule has 1 aromatic heterocycles. The zero-order valence-corrected chi connectivity index (χ0v) is 10.4. The smallest absolute Gasteiger partial charge is 0.307 e. The van der Waals surface area contributed by atoms with Crippen LogP contribution in [0, 0.1) is 10.1 Å². The first kappa shape index (κ1) is 12.2. The molecule has 1 amide bonds. The minimum Gasteiger partial charge on any atom is -0.493 e. The van der Waals surface area contributed by atoms with Gasteiger partial charge in [-0.2, -0.15) is 0 Å². The fourth-order valence-electron chi connectivity index (χ4n) is 1.92. The molecule has 3 rings (SSSR count). The standard InChI is InChI=1S/C11H5N3O5S/c15-9-7(8-10(16)13-11(17)20-8)5-3-4(14(18)19)1-2-6(5)12-9/h1-3,16H,(H,13,17). The van der Waals surface area contributed by atoms with Gasteiger partial charge in [0.05, 0.1) is 15.9 Å².